The maximum absolute atomic E-state index is 10.8. The number of nitro benzene ring substituents is 1. The highest BCUT2D eigenvalue weighted by Crippen LogP contribution is 2.30. The first-order valence-electron chi connectivity index (χ1n) is 4.89. The number of hydrogen-bond donors (Lipinski definition) is 0. The summed E-state index contributed by atoms with van der Waals surface area (Å²) in [5.41, 5.74) is 0.442. The lowest BCUT2D eigenvalue weighted by atomic mass is 10.1. The van der Waals surface area contributed by atoms with E-state index >= 15 is 0 Å². The summed E-state index contributed by atoms with van der Waals surface area (Å²) in [6.45, 7) is 0. The summed E-state index contributed by atoms with van der Waals surface area (Å²) in [6.07, 6.45) is 0. The molecule has 0 fully saturated rings. The van der Waals surface area contributed by atoms with E-state index in [-0.39, 0.29) is 11.4 Å². The number of nitriles is 1. The van der Waals surface area contributed by atoms with Crippen LogP contribution in [0.25, 0.3) is 0 Å². The Bertz CT molecular complexity index is 466. The average molecular weight is 235 g/mol. The maximum atomic E-state index is 10.8. The van der Waals surface area contributed by atoms with Crippen molar-refractivity contribution in [1.29, 1.82) is 5.26 Å². The number of hydrogen-bond acceptors (Lipinski definition) is 5. The summed E-state index contributed by atoms with van der Waals surface area (Å²) in [6, 6.07) is 6.09. The van der Waals surface area contributed by atoms with Crippen LogP contribution >= 0.6 is 0 Å². The number of nitro groups is 1. The van der Waals surface area contributed by atoms with Gasteiger partial charge in [0.15, 0.2) is 5.75 Å². The summed E-state index contributed by atoms with van der Waals surface area (Å²) in [7, 11) is 4.85. The van der Waals surface area contributed by atoms with Gasteiger partial charge in [0.05, 0.1) is 18.1 Å². The molecule has 0 aliphatic carbocycles. The normalized spacial score (nSPS) is 11.9. The minimum Gasteiger partial charge on any atom is -0.490 e. The molecule has 1 aromatic rings. The Morgan fingerprint density at radius 1 is 1.53 bits per heavy atom. The van der Waals surface area contributed by atoms with Gasteiger partial charge < -0.3 is 4.74 Å². The van der Waals surface area contributed by atoms with Gasteiger partial charge in [-0.3, -0.25) is 15.0 Å². The van der Waals surface area contributed by atoms with Crippen LogP contribution in [0.1, 0.15) is 11.6 Å². The monoisotopic (exact) mass is 235 g/mol. The molecule has 0 bridgehead atoms. The third-order valence-corrected chi connectivity index (χ3v) is 2.35. The average Bonchev–Trinajstić information content (AvgIpc) is 2.29. The van der Waals surface area contributed by atoms with E-state index in [9.17, 15) is 10.1 Å². The molecule has 0 spiro atoms. The van der Waals surface area contributed by atoms with Crippen LogP contribution in [0.4, 0.5) is 5.69 Å². The summed E-state index contributed by atoms with van der Waals surface area (Å²) in [5.74, 6) is 0.189. The van der Waals surface area contributed by atoms with Gasteiger partial charge in [-0.2, -0.15) is 5.26 Å². The summed E-state index contributed by atoms with van der Waals surface area (Å²) >= 11 is 0. The van der Waals surface area contributed by atoms with Crippen molar-refractivity contribution in [3.05, 3.63) is 33.9 Å². The largest absolute Gasteiger partial charge is 0.490 e. The van der Waals surface area contributed by atoms with Crippen molar-refractivity contribution < 1.29 is 9.66 Å². The van der Waals surface area contributed by atoms with Gasteiger partial charge in [-0.25, -0.2) is 0 Å². The summed E-state index contributed by atoms with van der Waals surface area (Å²) < 4.78 is 4.90. The lowest BCUT2D eigenvalue weighted by Gasteiger charge is -2.17. The molecule has 6 heteroatoms. The Labute approximate surface area is 99.2 Å². The molecule has 0 radical (unpaired) electrons. The van der Waals surface area contributed by atoms with E-state index in [0.717, 1.165) is 0 Å². The molecule has 0 aliphatic heterocycles. The van der Waals surface area contributed by atoms with Gasteiger partial charge in [0.1, 0.15) is 6.04 Å². The zero-order chi connectivity index (χ0) is 13.0. The zero-order valence-electron chi connectivity index (χ0n) is 9.88. The number of rotatable bonds is 4. The molecular formula is C11H13N3O3. The molecular weight excluding hydrogens is 222 g/mol. The molecule has 0 aliphatic rings. The second-order valence-corrected chi connectivity index (χ2v) is 3.68. The molecule has 0 amide bonds. The predicted molar refractivity (Wildman–Crippen MR) is 61.7 cm³/mol. The number of methoxy groups -OCH3 is 1. The summed E-state index contributed by atoms with van der Waals surface area (Å²) in [5, 5.41) is 19.9. The molecule has 1 unspecified atom stereocenters. The van der Waals surface area contributed by atoms with E-state index in [1.54, 1.807) is 25.1 Å². The number of benzene rings is 1. The van der Waals surface area contributed by atoms with Crippen LogP contribution in [0.2, 0.25) is 0 Å². The van der Waals surface area contributed by atoms with Crippen LogP contribution in [0, 0.1) is 21.4 Å². The molecule has 6 nitrogen and oxygen atoms in total. The van der Waals surface area contributed by atoms with Gasteiger partial charge in [0.25, 0.3) is 0 Å². The van der Waals surface area contributed by atoms with E-state index in [1.807, 2.05) is 0 Å². The van der Waals surface area contributed by atoms with E-state index in [1.165, 1.54) is 19.2 Å². The molecule has 90 valence electrons. The predicted octanol–water partition coefficient (Wildman–Crippen LogP) is 1.73. The fourth-order valence-electron chi connectivity index (χ4n) is 1.51. The van der Waals surface area contributed by atoms with Crippen molar-refractivity contribution in [2.24, 2.45) is 0 Å². The van der Waals surface area contributed by atoms with Crippen molar-refractivity contribution in [2.45, 2.75) is 6.04 Å². The van der Waals surface area contributed by atoms with Gasteiger partial charge in [-0.1, -0.05) is 6.07 Å². The van der Waals surface area contributed by atoms with Crippen molar-refractivity contribution in [2.75, 3.05) is 21.2 Å². The fraction of sp³-hybridized carbons (Fsp3) is 0.364. The third kappa shape index (κ3) is 2.71. The standard InChI is InChI=1S/C11H13N3O3/c1-13(2)10(7-12)8-4-5-11(17-3)9(6-8)14(15)16/h4-6,10H,1-3H3. The quantitative estimate of drug-likeness (QED) is 0.586. The second kappa shape index (κ2) is 5.27. The highest BCUT2D eigenvalue weighted by molar-refractivity contribution is 5.50. The van der Waals surface area contributed by atoms with Crippen molar-refractivity contribution in [3.63, 3.8) is 0 Å². The first-order chi connectivity index (χ1) is 8.01. The Hall–Kier alpha value is -2.13. The second-order valence-electron chi connectivity index (χ2n) is 3.68. The van der Waals surface area contributed by atoms with Crippen LogP contribution in [0.15, 0.2) is 18.2 Å². The first kappa shape index (κ1) is 12.9. The SMILES string of the molecule is COc1ccc(C(C#N)N(C)C)cc1[N+](=O)[O-]. The molecule has 1 aromatic carbocycles. The van der Waals surface area contributed by atoms with Crippen LogP contribution in [0.3, 0.4) is 0 Å². The highest BCUT2D eigenvalue weighted by Gasteiger charge is 2.20. The van der Waals surface area contributed by atoms with E-state index in [4.69, 9.17) is 10.00 Å². The van der Waals surface area contributed by atoms with Crippen molar-refractivity contribution in [1.82, 2.24) is 4.90 Å². The van der Waals surface area contributed by atoms with Gasteiger partial charge >= 0.3 is 5.69 Å². The van der Waals surface area contributed by atoms with Crippen LogP contribution < -0.4 is 4.74 Å². The Morgan fingerprint density at radius 2 is 2.18 bits per heavy atom. The maximum Gasteiger partial charge on any atom is 0.311 e. The fourth-order valence-corrected chi connectivity index (χ4v) is 1.51. The molecule has 1 rings (SSSR count). The van der Waals surface area contributed by atoms with Crippen LogP contribution in [0.5, 0.6) is 5.75 Å². The van der Waals surface area contributed by atoms with Crippen molar-refractivity contribution in [3.8, 4) is 11.8 Å². The lowest BCUT2D eigenvalue weighted by Crippen LogP contribution is -2.18. The molecule has 17 heavy (non-hydrogen) atoms. The van der Waals surface area contributed by atoms with E-state index in [0.29, 0.717) is 5.56 Å². The number of ether oxygens (including phenoxy) is 1. The zero-order valence-corrected chi connectivity index (χ0v) is 9.88. The molecule has 0 aromatic heterocycles. The Morgan fingerprint density at radius 3 is 2.59 bits per heavy atom. The highest BCUT2D eigenvalue weighted by atomic mass is 16.6. The molecule has 1 atom stereocenters. The first-order valence-corrected chi connectivity index (χ1v) is 4.89. The van der Waals surface area contributed by atoms with Gasteiger partial charge in [-0.05, 0) is 25.7 Å². The van der Waals surface area contributed by atoms with E-state index < -0.39 is 11.0 Å². The Kier molecular flexibility index (Phi) is 4.01. The van der Waals surface area contributed by atoms with Crippen LogP contribution in [-0.4, -0.2) is 31.0 Å². The minimum absolute atomic E-state index is 0.132. The van der Waals surface area contributed by atoms with Crippen molar-refractivity contribution >= 4 is 5.69 Å². The van der Waals surface area contributed by atoms with E-state index in [2.05, 4.69) is 6.07 Å². The smallest absolute Gasteiger partial charge is 0.311 e. The van der Waals surface area contributed by atoms with Gasteiger partial charge in [0, 0.05) is 6.07 Å². The minimum atomic E-state index is -0.521. The molecule has 0 N–H and O–H groups in total. The lowest BCUT2D eigenvalue weighted by molar-refractivity contribution is -0.385. The van der Waals surface area contributed by atoms with Gasteiger partial charge in [-0.15, -0.1) is 0 Å². The Balaban J connectivity index is 3.25. The topological polar surface area (TPSA) is 79.4 Å². The third-order valence-electron chi connectivity index (χ3n) is 2.35. The molecule has 0 heterocycles. The molecule has 0 saturated carbocycles. The number of nitrogens with zero attached hydrogens (tertiary/aromatic N) is 3. The molecule has 0 saturated heterocycles. The summed E-state index contributed by atoms with van der Waals surface area (Å²) in [4.78, 5) is 12.0. The van der Waals surface area contributed by atoms with Gasteiger partial charge in [0.2, 0.25) is 0 Å². The van der Waals surface area contributed by atoms with Crippen LogP contribution in [-0.2, 0) is 0 Å².